The first-order valence-electron chi connectivity index (χ1n) is 13.5. The third-order valence-electron chi connectivity index (χ3n) is 6.95. The van der Waals surface area contributed by atoms with E-state index in [9.17, 15) is 14.4 Å². The fourth-order valence-corrected chi connectivity index (χ4v) is 6.01. The van der Waals surface area contributed by atoms with Gasteiger partial charge in [0.05, 0.1) is 16.5 Å². The highest BCUT2D eigenvalue weighted by Crippen LogP contribution is 2.39. The molecule has 2 fully saturated rings. The van der Waals surface area contributed by atoms with Crippen molar-refractivity contribution in [1.29, 1.82) is 0 Å². The molecule has 3 amide bonds. The van der Waals surface area contributed by atoms with Gasteiger partial charge in [0.2, 0.25) is 5.91 Å². The zero-order chi connectivity index (χ0) is 28.1. The number of hydrogen-bond donors (Lipinski definition) is 0. The molecule has 0 aromatic heterocycles. The summed E-state index contributed by atoms with van der Waals surface area (Å²) in [5, 5.41) is 2.15. The molecular formula is C31H31ClN2O5S. The van der Waals surface area contributed by atoms with Gasteiger partial charge in [0.1, 0.15) is 13.2 Å². The van der Waals surface area contributed by atoms with Gasteiger partial charge in [0, 0.05) is 13.1 Å². The zero-order valence-corrected chi connectivity index (χ0v) is 23.9. The van der Waals surface area contributed by atoms with Gasteiger partial charge in [-0.3, -0.25) is 19.3 Å². The third-order valence-corrected chi connectivity index (χ3v) is 8.14. The molecule has 0 spiro atoms. The maximum Gasteiger partial charge on any atom is 0.294 e. The minimum Gasteiger partial charge on any atom is -0.490 e. The van der Waals surface area contributed by atoms with E-state index in [4.69, 9.17) is 21.1 Å². The minimum atomic E-state index is -0.483. The van der Waals surface area contributed by atoms with Gasteiger partial charge in [-0.2, -0.15) is 0 Å². The van der Waals surface area contributed by atoms with Crippen molar-refractivity contribution in [3.8, 4) is 11.5 Å². The Morgan fingerprint density at radius 2 is 1.73 bits per heavy atom. The molecular weight excluding hydrogens is 548 g/mol. The molecule has 0 radical (unpaired) electrons. The first kappa shape index (κ1) is 28.1. The second kappa shape index (κ2) is 12.8. The molecule has 0 aliphatic carbocycles. The standard InChI is InChI=1S/C31H31ClN2O5S/c1-2-38-26-17-22(16-25(32)29(26)39-20-21-11-12-23-9-5-6-10-24(23)15-21)18-27-30(36)34(31(37)40-27)19-28(35)33-13-7-3-4-8-14-33/h5-6,9-12,15-18H,2-4,7-8,13-14,19-20H2,1H3. The molecule has 0 saturated carbocycles. The first-order chi connectivity index (χ1) is 19.4. The van der Waals surface area contributed by atoms with Crippen molar-refractivity contribution in [2.24, 2.45) is 0 Å². The lowest BCUT2D eigenvalue weighted by atomic mass is 10.1. The highest BCUT2D eigenvalue weighted by molar-refractivity contribution is 8.18. The summed E-state index contributed by atoms with van der Waals surface area (Å²) in [5.74, 6) is 0.173. The Morgan fingerprint density at radius 3 is 2.48 bits per heavy atom. The lowest BCUT2D eigenvalue weighted by Gasteiger charge is -2.22. The molecule has 0 unspecified atom stereocenters. The average Bonchev–Trinajstić information content (AvgIpc) is 3.12. The van der Waals surface area contributed by atoms with E-state index in [1.807, 2.05) is 25.1 Å². The lowest BCUT2D eigenvalue weighted by Crippen LogP contribution is -2.42. The van der Waals surface area contributed by atoms with E-state index < -0.39 is 11.1 Å². The number of ether oxygens (including phenoxy) is 2. The SMILES string of the molecule is CCOc1cc(C=C2SC(=O)N(CC(=O)N3CCCCCC3)C2=O)cc(Cl)c1OCc1ccc2ccccc2c1. The second-order valence-corrected chi connectivity index (χ2v) is 11.2. The number of halogens is 1. The van der Waals surface area contributed by atoms with Crippen molar-refractivity contribution in [1.82, 2.24) is 9.80 Å². The van der Waals surface area contributed by atoms with E-state index in [1.54, 1.807) is 23.1 Å². The van der Waals surface area contributed by atoms with Crippen molar-refractivity contribution < 1.29 is 23.9 Å². The van der Waals surface area contributed by atoms with Gasteiger partial charge in [-0.25, -0.2) is 0 Å². The highest BCUT2D eigenvalue weighted by Gasteiger charge is 2.37. The van der Waals surface area contributed by atoms with Gasteiger partial charge in [-0.05, 0) is 77.7 Å². The summed E-state index contributed by atoms with van der Waals surface area (Å²) in [6, 6.07) is 17.7. The quantitative estimate of drug-likeness (QED) is 0.270. The van der Waals surface area contributed by atoms with Crippen molar-refractivity contribution >= 4 is 57.3 Å². The summed E-state index contributed by atoms with van der Waals surface area (Å²) in [6.45, 7) is 3.64. The van der Waals surface area contributed by atoms with Crippen LogP contribution in [-0.4, -0.2) is 53.1 Å². The second-order valence-electron chi connectivity index (χ2n) is 9.80. The van der Waals surface area contributed by atoms with E-state index in [-0.39, 0.29) is 17.4 Å². The number of rotatable bonds is 8. The third kappa shape index (κ3) is 6.45. The number of amides is 3. The van der Waals surface area contributed by atoms with Gasteiger partial charge >= 0.3 is 0 Å². The Kier molecular flexibility index (Phi) is 8.97. The predicted molar refractivity (Wildman–Crippen MR) is 159 cm³/mol. The summed E-state index contributed by atoms with van der Waals surface area (Å²) in [7, 11) is 0. The van der Waals surface area contributed by atoms with E-state index in [1.165, 1.54) is 0 Å². The number of carbonyl (C=O) groups is 3. The number of hydrogen-bond acceptors (Lipinski definition) is 6. The number of imide groups is 1. The van der Waals surface area contributed by atoms with Crippen LogP contribution in [0.3, 0.4) is 0 Å². The topological polar surface area (TPSA) is 76.2 Å². The van der Waals surface area contributed by atoms with Crippen LogP contribution in [-0.2, 0) is 16.2 Å². The number of carbonyl (C=O) groups excluding carboxylic acids is 3. The molecule has 0 bridgehead atoms. The molecule has 0 atom stereocenters. The molecule has 2 heterocycles. The Balaban J connectivity index is 1.31. The van der Waals surface area contributed by atoms with E-state index in [0.29, 0.717) is 48.4 Å². The van der Waals surface area contributed by atoms with Gasteiger partial charge in [0.15, 0.2) is 11.5 Å². The summed E-state index contributed by atoms with van der Waals surface area (Å²) >= 11 is 7.45. The van der Waals surface area contributed by atoms with E-state index >= 15 is 0 Å². The normalized spacial score (nSPS) is 17.0. The molecule has 2 saturated heterocycles. The first-order valence-corrected chi connectivity index (χ1v) is 14.7. The van der Waals surface area contributed by atoms with Crippen LogP contribution >= 0.6 is 23.4 Å². The number of thioether (sulfide) groups is 1. The number of fused-ring (bicyclic) bond motifs is 1. The molecule has 3 aromatic rings. The van der Waals surface area contributed by atoms with Crippen LogP contribution in [0.2, 0.25) is 5.02 Å². The van der Waals surface area contributed by atoms with Crippen LogP contribution in [0.5, 0.6) is 11.5 Å². The van der Waals surface area contributed by atoms with Crippen molar-refractivity contribution in [2.75, 3.05) is 26.2 Å². The molecule has 208 valence electrons. The van der Waals surface area contributed by atoms with E-state index in [0.717, 1.165) is 58.7 Å². The molecule has 2 aliphatic rings. The molecule has 0 N–H and O–H groups in total. The van der Waals surface area contributed by atoms with Gasteiger partial charge in [-0.1, -0.05) is 60.8 Å². The molecule has 7 nitrogen and oxygen atoms in total. The Labute approximate surface area is 243 Å². The molecule has 2 aliphatic heterocycles. The van der Waals surface area contributed by atoms with Crippen LogP contribution in [0.4, 0.5) is 4.79 Å². The Hall–Kier alpha value is -3.49. The maximum absolute atomic E-state index is 13.1. The summed E-state index contributed by atoms with van der Waals surface area (Å²) in [5.41, 5.74) is 1.58. The fraction of sp³-hybridized carbons (Fsp3) is 0.323. The fourth-order valence-electron chi connectivity index (χ4n) is 4.90. The van der Waals surface area contributed by atoms with Crippen molar-refractivity contribution in [3.63, 3.8) is 0 Å². The Bertz CT molecular complexity index is 1470. The van der Waals surface area contributed by atoms with Crippen molar-refractivity contribution in [2.45, 2.75) is 39.2 Å². The highest BCUT2D eigenvalue weighted by atomic mass is 35.5. The molecule has 3 aromatic carbocycles. The predicted octanol–water partition coefficient (Wildman–Crippen LogP) is 6.91. The smallest absolute Gasteiger partial charge is 0.294 e. The van der Waals surface area contributed by atoms with Crippen LogP contribution in [0.1, 0.15) is 43.7 Å². The number of likely N-dealkylation sites (tertiary alicyclic amines) is 1. The van der Waals surface area contributed by atoms with E-state index in [2.05, 4.69) is 24.3 Å². The Morgan fingerprint density at radius 1 is 0.975 bits per heavy atom. The molecule has 9 heteroatoms. The molecule has 40 heavy (non-hydrogen) atoms. The van der Waals surface area contributed by atoms with Crippen LogP contribution in [0.15, 0.2) is 59.5 Å². The average molecular weight is 579 g/mol. The monoisotopic (exact) mass is 578 g/mol. The largest absolute Gasteiger partial charge is 0.490 e. The summed E-state index contributed by atoms with van der Waals surface area (Å²) in [6.07, 6.45) is 5.67. The number of nitrogens with zero attached hydrogens (tertiary/aromatic N) is 2. The van der Waals surface area contributed by atoms with Crippen molar-refractivity contribution in [3.05, 3.63) is 75.7 Å². The van der Waals surface area contributed by atoms with Crippen LogP contribution < -0.4 is 9.47 Å². The van der Waals surface area contributed by atoms with Gasteiger partial charge < -0.3 is 14.4 Å². The lowest BCUT2D eigenvalue weighted by molar-refractivity contribution is -0.135. The van der Waals surface area contributed by atoms with Gasteiger partial charge in [-0.15, -0.1) is 0 Å². The zero-order valence-electron chi connectivity index (χ0n) is 22.4. The minimum absolute atomic E-state index is 0.194. The summed E-state index contributed by atoms with van der Waals surface area (Å²) < 4.78 is 11.9. The maximum atomic E-state index is 13.1. The van der Waals surface area contributed by atoms with Crippen LogP contribution in [0, 0.1) is 0 Å². The number of benzene rings is 3. The summed E-state index contributed by atoms with van der Waals surface area (Å²) in [4.78, 5) is 41.5. The molecule has 5 rings (SSSR count). The van der Waals surface area contributed by atoms with Crippen LogP contribution in [0.25, 0.3) is 16.8 Å². The van der Waals surface area contributed by atoms with Gasteiger partial charge in [0.25, 0.3) is 11.1 Å².